The molecule has 0 atom stereocenters. The second kappa shape index (κ2) is 8.86. The Balaban J connectivity index is 1.71. The zero-order valence-corrected chi connectivity index (χ0v) is 16.3. The second-order valence-electron chi connectivity index (χ2n) is 6.93. The Hall–Kier alpha value is -3.22. The number of oxime groups is 1. The normalized spacial score (nSPS) is 14.8. The molecule has 0 saturated heterocycles. The summed E-state index contributed by atoms with van der Waals surface area (Å²) in [6.07, 6.45) is 1.96. The first-order valence-electron chi connectivity index (χ1n) is 9.18. The highest BCUT2D eigenvalue weighted by molar-refractivity contribution is 6.43. The zero-order valence-electron chi connectivity index (χ0n) is 16.3. The fourth-order valence-corrected chi connectivity index (χ4v) is 3.15. The number of rotatable bonds is 8. The van der Waals surface area contributed by atoms with Crippen molar-refractivity contribution >= 4 is 17.7 Å². The van der Waals surface area contributed by atoms with E-state index in [0.717, 1.165) is 18.4 Å². The SMILES string of the molecule is CON=C(C(=O)OC)c1ccccc1COC(=O)C1(Cc2ccc(F)cc2)CC1. The molecule has 0 radical (unpaired) electrons. The summed E-state index contributed by atoms with van der Waals surface area (Å²) in [4.78, 5) is 29.5. The van der Waals surface area contributed by atoms with Gasteiger partial charge in [0, 0.05) is 5.56 Å². The number of carbonyl (C=O) groups is 2. The van der Waals surface area contributed by atoms with Gasteiger partial charge in [-0.1, -0.05) is 41.6 Å². The molecule has 2 aromatic carbocycles. The van der Waals surface area contributed by atoms with E-state index in [-0.39, 0.29) is 24.1 Å². The smallest absolute Gasteiger partial charge is 0.360 e. The molecule has 29 heavy (non-hydrogen) atoms. The molecule has 0 amide bonds. The van der Waals surface area contributed by atoms with Crippen molar-refractivity contribution in [1.29, 1.82) is 0 Å². The molecule has 0 heterocycles. The van der Waals surface area contributed by atoms with Crippen molar-refractivity contribution < 1.29 is 28.3 Å². The van der Waals surface area contributed by atoms with E-state index in [1.807, 2.05) is 0 Å². The molecule has 0 aliphatic heterocycles. The van der Waals surface area contributed by atoms with Crippen LogP contribution in [0.1, 0.15) is 29.5 Å². The molecule has 1 aliphatic rings. The predicted molar refractivity (Wildman–Crippen MR) is 104 cm³/mol. The molecule has 1 fully saturated rings. The number of nitrogens with zero attached hydrogens (tertiary/aromatic N) is 1. The van der Waals surface area contributed by atoms with Gasteiger partial charge in [-0.3, -0.25) is 4.79 Å². The van der Waals surface area contributed by atoms with Gasteiger partial charge in [-0.05, 0) is 42.5 Å². The summed E-state index contributed by atoms with van der Waals surface area (Å²) >= 11 is 0. The van der Waals surface area contributed by atoms with Crippen molar-refractivity contribution in [2.75, 3.05) is 14.2 Å². The van der Waals surface area contributed by atoms with Crippen LogP contribution in [0.5, 0.6) is 0 Å². The number of benzene rings is 2. The monoisotopic (exact) mass is 399 g/mol. The highest BCUT2D eigenvalue weighted by Gasteiger charge is 2.51. The lowest BCUT2D eigenvalue weighted by Crippen LogP contribution is -2.23. The maximum Gasteiger partial charge on any atom is 0.360 e. The Labute approximate surface area is 168 Å². The van der Waals surface area contributed by atoms with Gasteiger partial charge in [0.15, 0.2) is 5.71 Å². The Morgan fingerprint density at radius 3 is 2.38 bits per heavy atom. The van der Waals surface area contributed by atoms with E-state index in [0.29, 0.717) is 17.5 Å². The Morgan fingerprint density at radius 2 is 1.76 bits per heavy atom. The molecule has 2 aromatic rings. The van der Waals surface area contributed by atoms with Crippen LogP contribution in [0.3, 0.4) is 0 Å². The van der Waals surface area contributed by atoms with E-state index in [1.165, 1.54) is 26.4 Å². The van der Waals surface area contributed by atoms with Gasteiger partial charge in [-0.15, -0.1) is 0 Å². The lowest BCUT2D eigenvalue weighted by atomic mass is 9.96. The topological polar surface area (TPSA) is 74.2 Å². The van der Waals surface area contributed by atoms with E-state index >= 15 is 0 Å². The van der Waals surface area contributed by atoms with E-state index in [4.69, 9.17) is 14.3 Å². The van der Waals surface area contributed by atoms with Crippen molar-refractivity contribution in [3.8, 4) is 0 Å². The number of esters is 2. The van der Waals surface area contributed by atoms with Gasteiger partial charge in [-0.25, -0.2) is 9.18 Å². The fraction of sp³-hybridized carbons (Fsp3) is 0.318. The summed E-state index contributed by atoms with van der Waals surface area (Å²) in [6.45, 7) is -0.0140. The molecule has 0 aromatic heterocycles. The first kappa shape index (κ1) is 20.5. The highest BCUT2D eigenvalue weighted by Crippen LogP contribution is 2.49. The fourth-order valence-electron chi connectivity index (χ4n) is 3.15. The predicted octanol–water partition coefficient (Wildman–Crippen LogP) is 3.42. The van der Waals surface area contributed by atoms with Gasteiger partial charge in [0.1, 0.15) is 19.5 Å². The van der Waals surface area contributed by atoms with Crippen LogP contribution < -0.4 is 0 Å². The van der Waals surface area contributed by atoms with E-state index in [2.05, 4.69) is 5.16 Å². The lowest BCUT2D eigenvalue weighted by molar-refractivity contribution is -0.151. The third-order valence-corrected chi connectivity index (χ3v) is 4.93. The lowest BCUT2D eigenvalue weighted by Gasteiger charge is -2.16. The molecule has 6 nitrogen and oxygen atoms in total. The van der Waals surface area contributed by atoms with Gasteiger partial charge in [0.2, 0.25) is 0 Å². The minimum atomic E-state index is -0.652. The summed E-state index contributed by atoms with van der Waals surface area (Å²) in [6, 6.07) is 13.1. The summed E-state index contributed by atoms with van der Waals surface area (Å²) in [5, 5.41) is 3.75. The number of halogens is 1. The Kier molecular flexibility index (Phi) is 6.26. The maximum absolute atomic E-state index is 13.1. The first-order chi connectivity index (χ1) is 14.0. The first-order valence-corrected chi connectivity index (χ1v) is 9.18. The maximum atomic E-state index is 13.1. The molecule has 0 unspecified atom stereocenters. The molecule has 152 valence electrons. The minimum Gasteiger partial charge on any atom is -0.464 e. The molecule has 1 saturated carbocycles. The van der Waals surface area contributed by atoms with Crippen LogP contribution in [0.2, 0.25) is 0 Å². The van der Waals surface area contributed by atoms with Crippen LogP contribution in [0.15, 0.2) is 53.7 Å². The largest absolute Gasteiger partial charge is 0.464 e. The zero-order chi connectivity index (χ0) is 20.9. The second-order valence-corrected chi connectivity index (χ2v) is 6.93. The van der Waals surface area contributed by atoms with Crippen LogP contribution in [0.25, 0.3) is 0 Å². The van der Waals surface area contributed by atoms with Crippen LogP contribution >= 0.6 is 0 Å². The molecule has 3 rings (SSSR count). The Morgan fingerprint density at radius 1 is 1.07 bits per heavy atom. The minimum absolute atomic E-state index is 0.00547. The third kappa shape index (κ3) is 4.80. The van der Waals surface area contributed by atoms with Crippen molar-refractivity contribution in [2.24, 2.45) is 10.6 Å². The molecular weight excluding hydrogens is 377 g/mol. The van der Waals surface area contributed by atoms with Crippen molar-refractivity contribution in [3.05, 3.63) is 71.0 Å². The van der Waals surface area contributed by atoms with E-state index in [1.54, 1.807) is 36.4 Å². The van der Waals surface area contributed by atoms with Gasteiger partial charge < -0.3 is 14.3 Å². The summed E-state index contributed by atoms with van der Waals surface area (Å²) in [7, 11) is 2.58. The van der Waals surface area contributed by atoms with Crippen LogP contribution in [0.4, 0.5) is 4.39 Å². The van der Waals surface area contributed by atoms with Crippen molar-refractivity contribution in [1.82, 2.24) is 0 Å². The number of methoxy groups -OCH3 is 1. The van der Waals surface area contributed by atoms with Gasteiger partial charge in [0.05, 0.1) is 12.5 Å². The highest BCUT2D eigenvalue weighted by atomic mass is 19.1. The van der Waals surface area contributed by atoms with Gasteiger partial charge >= 0.3 is 11.9 Å². The van der Waals surface area contributed by atoms with Crippen LogP contribution in [-0.2, 0) is 36.9 Å². The number of hydrogen-bond acceptors (Lipinski definition) is 6. The average molecular weight is 399 g/mol. The van der Waals surface area contributed by atoms with E-state index < -0.39 is 11.4 Å². The average Bonchev–Trinajstić information content (AvgIpc) is 3.52. The van der Waals surface area contributed by atoms with Crippen LogP contribution in [0, 0.1) is 11.2 Å². The van der Waals surface area contributed by atoms with Crippen molar-refractivity contribution in [2.45, 2.75) is 25.9 Å². The quantitative estimate of drug-likeness (QED) is 0.386. The number of hydrogen-bond donors (Lipinski definition) is 0. The van der Waals surface area contributed by atoms with Crippen molar-refractivity contribution in [3.63, 3.8) is 0 Å². The number of carbonyl (C=O) groups excluding carboxylic acids is 2. The van der Waals surface area contributed by atoms with E-state index in [9.17, 15) is 14.0 Å². The van der Waals surface area contributed by atoms with Crippen LogP contribution in [-0.4, -0.2) is 31.9 Å². The number of ether oxygens (including phenoxy) is 2. The third-order valence-electron chi connectivity index (χ3n) is 4.93. The molecule has 0 spiro atoms. The molecule has 0 N–H and O–H groups in total. The molecule has 7 heteroatoms. The standard InChI is InChI=1S/C22H22FNO5/c1-27-20(25)19(24-28-2)18-6-4-3-5-16(18)14-29-21(26)22(11-12-22)13-15-7-9-17(23)10-8-15/h3-10H,11-14H2,1-2H3. The summed E-state index contributed by atoms with van der Waals surface area (Å²) < 4.78 is 23.4. The Bertz CT molecular complexity index is 919. The van der Waals surface area contributed by atoms with Gasteiger partial charge in [0.25, 0.3) is 0 Å². The molecular formula is C22H22FNO5. The molecule has 1 aliphatic carbocycles. The van der Waals surface area contributed by atoms with Gasteiger partial charge in [-0.2, -0.15) is 0 Å². The summed E-state index contributed by atoms with van der Waals surface area (Å²) in [5.41, 5.74) is 1.39. The molecule has 0 bridgehead atoms. The summed E-state index contributed by atoms with van der Waals surface area (Å²) in [5.74, 6) is -1.27.